The zero-order valence-electron chi connectivity index (χ0n) is 15.5. The lowest BCUT2D eigenvalue weighted by Crippen LogP contribution is -2.34. The van der Waals surface area contributed by atoms with Crippen LogP contribution in [0.2, 0.25) is 0 Å². The Morgan fingerprint density at radius 2 is 1.81 bits per heavy atom. The van der Waals surface area contributed by atoms with Gasteiger partial charge in [0, 0.05) is 18.4 Å². The maximum Gasteiger partial charge on any atom is 0.308 e. The minimum atomic E-state index is -3.44. The smallest absolute Gasteiger partial charge is 0.308 e. The first-order chi connectivity index (χ1) is 12.6. The molecule has 1 unspecified atom stereocenters. The van der Waals surface area contributed by atoms with Crippen molar-refractivity contribution in [3.05, 3.63) is 64.7 Å². The molecule has 0 aliphatic carbocycles. The fourth-order valence-corrected chi connectivity index (χ4v) is 3.41. The van der Waals surface area contributed by atoms with Crippen molar-refractivity contribution in [2.45, 2.75) is 25.2 Å². The third kappa shape index (κ3) is 5.65. The van der Waals surface area contributed by atoms with Gasteiger partial charge >= 0.3 is 5.97 Å². The Balaban J connectivity index is 2.13. The Kier molecular flexibility index (Phi) is 6.38. The van der Waals surface area contributed by atoms with E-state index >= 15 is 0 Å². The predicted molar refractivity (Wildman–Crippen MR) is 103 cm³/mol. The first kappa shape index (κ1) is 20.6. The number of amides is 1. The van der Waals surface area contributed by atoms with Crippen LogP contribution in [0.5, 0.6) is 0 Å². The highest BCUT2D eigenvalue weighted by atomic mass is 32.2. The number of carboxylic acids is 1. The molecule has 0 aliphatic heterocycles. The van der Waals surface area contributed by atoms with Gasteiger partial charge in [0.2, 0.25) is 0 Å². The van der Waals surface area contributed by atoms with Gasteiger partial charge < -0.3 is 10.4 Å². The Morgan fingerprint density at radius 3 is 2.41 bits per heavy atom. The second kappa shape index (κ2) is 8.35. The molecule has 144 valence electrons. The summed E-state index contributed by atoms with van der Waals surface area (Å²) in [7, 11) is -3.44. The van der Waals surface area contributed by atoms with Crippen molar-refractivity contribution < 1.29 is 23.1 Å². The number of carbonyl (C=O) groups is 2. The molecule has 0 bridgehead atoms. The number of aliphatic carboxylic acids is 1. The Bertz CT molecular complexity index is 966. The summed E-state index contributed by atoms with van der Waals surface area (Å²) >= 11 is 0. The molecule has 0 fully saturated rings. The van der Waals surface area contributed by atoms with Crippen LogP contribution in [0.15, 0.2) is 47.4 Å². The van der Waals surface area contributed by atoms with E-state index in [0.29, 0.717) is 12.0 Å². The van der Waals surface area contributed by atoms with E-state index in [1.165, 1.54) is 12.1 Å². The van der Waals surface area contributed by atoms with Crippen molar-refractivity contribution in [1.29, 1.82) is 0 Å². The first-order valence-corrected chi connectivity index (χ1v) is 10.3. The first-order valence-electron chi connectivity index (χ1n) is 8.45. The minimum Gasteiger partial charge on any atom is -0.481 e. The minimum absolute atomic E-state index is 0.0489. The molecule has 0 aromatic heterocycles. The van der Waals surface area contributed by atoms with Gasteiger partial charge in [-0.2, -0.15) is 0 Å². The summed E-state index contributed by atoms with van der Waals surface area (Å²) in [5.74, 6) is -2.28. The molecule has 2 rings (SSSR count). The van der Waals surface area contributed by atoms with E-state index in [4.69, 9.17) is 0 Å². The normalized spacial score (nSPS) is 12.4. The monoisotopic (exact) mass is 389 g/mol. The van der Waals surface area contributed by atoms with Crippen LogP contribution < -0.4 is 5.32 Å². The lowest BCUT2D eigenvalue weighted by molar-refractivity contribution is -0.141. The number of rotatable bonds is 7. The van der Waals surface area contributed by atoms with Crippen molar-refractivity contribution in [2.75, 3.05) is 12.8 Å². The van der Waals surface area contributed by atoms with Crippen molar-refractivity contribution >= 4 is 21.7 Å². The second-order valence-electron chi connectivity index (χ2n) is 6.69. The highest BCUT2D eigenvalue weighted by Gasteiger charge is 2.21. The molecule has 1 atom stereocenters. The summed E-state index contributed by atoms with van der Waals surface area (Å²) in [6.07, 6.45) is 1.36. The fourth-order valence-electron chi connectivity index (χ4n) is 2.76. The van der Waals surface area contributed by atoms with Gasteiger partial charge in [-0.05, 0) is 43.5 Å². The second-order valence-corrected chi connectivity index (χ2v) is 8.70. The molecule has 0 heterocycles. The summed E-state index contributed by atoms with van der Waals surface area (Å²) in [6.45, 7) is 3.58. The molecule has 2 N–H and O–H groups in total. The number of hydrogen-bond donors (Lipinski definition) is 2. The molecular formula is C20H23NO5S. The van der Waals surface area contributed by atoms with Crippen LogP contribution in [0, 0.1) is 19.8 Å². The fraction of sp³-hybridized carbons (Fsp3) is 0.300. The third-order valence-corrected chi connectivity index (χ3v) is 5.41. The Labute approximate surface area is 159 Å². The number of hydrogen-bond acceptors (Lipinski definition) is 4. The zero-order valence-corrected chi connectivity index (χ0v) is 16.3. The van der Waals surface area contributed by atoms with Crippen molar-refractivity contribution in [1.82, 2.24) is 5.32 Å². The molecule has 0 radical (unpaired) electrons. The van der Waals surface area contributed by atoms with Gasteiger partial charge in [-0.1, -0.05) is 35.9 Å². The van der Waals surface area contributed by atoms with Gasteiger partial charge in [0.25, 0.3) is 5.91 Å². The molecular weight excluding hydrogens is 366 g/mol. The van der Waals surface area contributed by atoms with Gasteiger partial charge in [-0.3, -0.25) is 9.59 Å². The van der Waals surface area contributed by atoms with Crippen molar-refractivity contribution in [3.8, 4) is 0 Å². The van der Waals surface area contributed by atoms with Crippen LogP contribution >= 0.6 is 0 Å². The van der Waals surface area contributed by atoms with E-state index in [1.54, 1.807) is 13.0 Å². The molecule has 27 heavy (non-hydrogen) atoms. The Morgan fingerprint density at radius 1 is 1.11 bits per heavy atom. The third-order valence-electron chi connectivity index (χ3n) is 4.30. The largest absolute Gasteiger partial charge is 0.481 e. The molecule has 2 aromatic rings. The molecule has 6 nitrogen and oxygen atoms in total. The summed E-state index contributed by atoms with van der Waals surface area (Å²) in [4.78, 5) is 24.1. The molecule has 0 saturated carbocycles. The van der Waals surface area contributed by atoms with Gasteiger partial charge in [-0.15, -0.1) is 0 Å². The average Bonchev–Trinajstić information content (AvgIpc) is 2.57. The lowest BCUT2D eigenvalue weighted by atomic mass is 9.98. The molecule has 0 aliphatic rings. The van der Waals surface area contributed by atoms with Gasteiger partial charge in [0.05, 0.1) is 10.8 Å². The van der Waals surface area contributed by atoms with E-state index in [1.807, 2.05) is 31.2 Å². The van der Waals surface area contributed by atoms with E-state index in [-0.39, 0.29) is 17.0 Å². The summed E-state index contributed by atoms with van der Waals surface area (Å²) in [5, 5.41) is 12.1. The standard InChI is InChI=1S/C20H23NO5S/c1-13-5-4-6-15(9-13)10-16(20(23)24)12-21-19(22)18-11-17(27(3,25)26)8-7-14(18)2/h4-9,11,16H,10,12H2,1-3H3,(H,21,22)(H,23,24). The number of carboxylic acid groups (broad SMARTS) is 1. The number of carbonyl (C=O) groups excluding carboxylic acids is 1. The maximum atomic E-state index is 12.5. The molecule has 0 spiro atoms. The molecule has 0 saturated heterocycles. The van der Waals surface area contributed by atoms with Crippen LogP contribution in [0.3, 0.4) is 0 Å². The summed E-state index contributed by atoms with van der Waals surface area (Å²) in [5.41, 5.74) is 2.75. The van der Waals surface area contributed by atoms with Crippen LogP contribution in [0.25, 0.3) is 0 Å². The van der Waals surface area contributed by atoms with Crippen LogP contribution in [0.4, 0.5) is 0 Å². The maximum absolute atomic E-state index is 12.5. The molecule has 1 amide bonds. The van der Waals surface area contributed by atoms with Gasteiger partial charge in [0.15, 0.2) is 9.84 Å². The average molecular weight is 389 g/mol. The van der Waals surface area contributed by atoms with Crippen molar-refractivity contribution in [2.24, 2.45) is 5.92 Å². The SMILES string of the molecule is Cc1cccc(CC(CNC(=O)c2cc(S(C)(=O)=O)ccc2C)C(=O)O)c1. The van der Waals surface area contributed by atoms with Crippen molar-refractivity contribution in [3.63, 3.8) is 0 Å². The highest BCUT2D eigenvalue weighted by molar-refractivity contribution is 7.90. The van der Waals surface area contributed by atoms with E-state index in [2.05, 4.69) is 5.32 Å². The zero-order chi connectivity index (χ0) is 20.2. The summed E-state index contributed by atoms with van der Waals surface area (Å²) < 4.78 is 23.4. The van der Waals surface area contributed by atoms with Gasteiger partial charge in [-0.25, -0.2) is 8.42 Å². The van der Waals surface area contributed by atoms with Gasteiger partial charge in [0.1, 0.15) is 0 Å². The van der Waals surface area contributed by atoms with Crippen LogP contribution in [-0.2, 0) is 21.1 Å². The molecule has 2 aromatic carbocycles. The van der Waals surface area contributed by atoms with E-state index in [9.17, 15) is 23.1 Å². The number of aryl methyl sites for hydroxylation is 2. The van der Waals surface area contributed by atoms with Crippen LogP contribution in [0.1, 0.15) is 27.0 Å². The number of sulfone groups is 1. The summed E-state index contributed by atoms with van der Waals surface area (Å²) in [6, 6.07) is 11.9. The number of nitrogens with one attached hydrogen (secondary N) is 1. The Hall–Kier alpha value is -2.67. The van der Waals surface area contributed by atoms with Crippen LogP contribution in [-0.4, -0.2) is 38.2 Å². The van der Waals surface area contributed by atoms with E-state index in [0.717, 1.165) is 17.4 Å². The quantitative estimate of drug-likeness (QED) is 0.757. The highest BCUT2D eigenvalue weighted by Crippen LogP contribution is 2.16. The predicted octanol–water partition coefficient (Wildman–Crippen LogP) is 2.38. The topological polar surface area (TPSA) is 101 Å². The van der Waals surface area contributed by atoms with E-state index < -0.39 is 27.6 Å². The lowest BCUT2D eigenvalue weighted by Gasteiger charge is -2.15. The molecule has 7 heteroatoms. The number of benzene rings is 2.